The topological polar surface area (TPSA) is 141 Å². The number of aryl methyl sites for hydroxylation is 3. The van der Waals surface area contributed by atoms with E-state index >= 15 is 4.39 Å². The summed E-state index contributed by atoms with van der Waals surface area (Å²) in [6.07, 6.45) is -2.30. The van der Waals surface area contributed by atoms with Crippen LogP contribution in [0.5, 0.6) is 11.5 Å². The largest absolute Gasteiger partial charge is 0.573 e. The molecule has 4 aromatic heterocycles. The lowest BCUT2D eigenvalue weighted by molar-refractivity contribution is -0.275. The molecule has 0 fully saturated rings. The number of aromatic nitrogens is 5. The highest BCUT2D eigenvalue weighted by Gasteiger charge is 2.32. The van der Waals surface area contributed by atoms with Gasteiger partial charge in [0.1, 0.15) is 23.1 Å². The van der Waals surface area contributed by atoms with Crippen molar-refractivity contribution < 1.29 is 49.8 Å². The molecule has 0 saturated carbocycles. The molecule has 0 aliphatic carbocycles. The molecule has 298 valence electrons. The van der Waals surface area contributed by atoms with Crippen molar-refractivity contribution in [3.05, 3.63) is 137 Å². The summed E-state index contributed by atoms with van der Waals surface area (Å²) in [7, 11) is 0. The van der Waals surface area contributed by atoms with Gasteiger partial charge in [0.15, 0.2) is 5.82 Å². The fourth-order valence-corrected chi connectivity index (χ4v) is 6.04. The van der Waals surface area contributed by atoms with E-state index in [1.54, 1.807) is 26.0 Å². The molecule has 18 heteroatoms. The molecule has 58 heavy (non-hydrogen) atoms. The second kappa shape index (κ2) is 16.6. The number of rotatable bonds is 11. The van der Waals surface area contributed by atoms with Gasteiger partial charge in [-0.2, -0.15) is 0 Å². The Labute approximate surface area is 325 Å². The van der Waals surface area contributed by atoms with Crippen LogP contribution in [0.4, 0.5) is 42.4 Å². The minimum atomic E-state index is -4.89. The van der Waals surface area contributed by atoms with Gasteiger partial charge in [-0.05, 0) is 78.9 Å². The molecule has 0 saturated heterocycles. The van der Waals surface area contributed by atoms with Gasteiger partial charge >= 0.3 is 12.7 Å². The van der Waals surface area contributed by atoms with Gasteiger partial charge in [-0.15, -0.1) is 26.3 Å². The second-order valence-corrected chi connectivity index (χ2v) is 12.6. The average molecular weight is 806 g/mol. The first kappa shape index (κ1) is 40.7. The van der Waals surface area contributed by atoms with Gasteiger partial charge in [0.05, 0.1) is 41.1 Å². The third-order valence-electron chi connectivity index (χ3n) is 8.65. The average Bonchev–Trinajstić information content (AvgIpc) is 3.14. The van der Waals surface area contributed by atoms with E-state index in [-0.39, 0.29) is 46.1 Å². The van der Waals surface area contributed by atoms with E-state index in [1.807, 2.05) is 6.92 Å². The minimum absolute atomic E-state index is 0.00462. The highest BCUT2D eigenvalue weighted by molar-refractivity contribution is 6.06. The predicted octanol–water partition coefficient (Wildman–Crippen LogP) is 9.21. The summed E-state index contributed by atoms with van der Waals surface area (Å²) in [4.78, 5) is 48.1. The summed E-state index contributed by atoms with van der Waals surface area (Å²) in [5, 5.41) is 5.21. The molecule has 4 heterocycles. The van der Waals surface area contributed by atoms with E-state index in [0.29, 0.717) is 39.8 Å². The fraction of sp³-hybridized carbons (Fsp3) is 0.175. The van der Waals surface area contributed by atoms with Crippen LogP contribution in [-0.4, -0.2) is 49.5 Å². The van der Waals surface area contributed by atoms with Gasteiger partial charge in [0.2, 0.25) is 0 Å². The summed E-state index contributed by atoms with van der Waals surface area (Å²) < 4.78 is 100. The van der Waals surface area contributed by atoms with Gasteiger partial charge in [-0.25, -0.2) is 14.4 Å². The van der Waals surface area contributed by atoms with Crippen molar-refractivity contribution in [1.82, 2.24) is 24.9 Å². The second-order valence-electron chi connectivity index (χ2n) is 12.6. The Morgan fingerprint density at radius 2 is 1.41 bits per heavy atom. The first-order chi connectivity index (χ1) is 27.5. The Kier molecular flexibility index (Phi) is 11.7. The highest BCUT2D eigenvalue weighted by Crippen LogP contribution is 2.32. The Bertz CT molecular complexity index is 2500. The van der Waals surface area contributed by atoms with Gasteiger partial charge in [0.25, 0.3) is 11.8 Å². The number of carbonyl (C=O) groups excluding carboxylic acids is 2. The van der Waals surface area contributed by atoms with Crippen LogP contribution in [0, 0.1) is 19.7 Å². The van der Waals surface area contributed by atoms with Crippen molar-refractivity contribution in [2.24, 2.45) is 0 Å². The molecule has 2 aromatic carbocycles. The van der Waals surface area contributed by atoms with Crippen LogP contribution in [0.2, 0.25) is 0 Å². The first-order valence-electron chi connectivity index (χ1n) is 17.2. The van der Waals surface area contributed by atoms with Gasteiger partial charge in [0, 0.05) is 41.7 Å². The third kappa shape index (κ3) is 9.87. The maximum atomic E-state index is 15.4. The lowest BCUT2D eigenvalue weighted by atomic mass is 9.98. The fourth-order valence-electron chi connectivity index (χ4n) is 6.04. The predicted molar refractivity (Wildman–Crippen MR) is 197 cm³/mol. The number of nitrogens with zero attached hydrogens (tertiary/aromatic N) is 5. The number of alkyl halides is 6. The molecule has 0 radical (unpaired) electrons. The summed E-state index contributed by atoms with van der Waals surface area (Å²) in [5.41, 5.74) is 2.94. The zero-order valence-electron chi connectivity index (χ0n) is 30.6. The van der Waals surface area contributed by atoms with Crippen molar-refractivity contribution in [1.29, 1.82) is 0 Å². The van der Waals surface area contributed by atoms with Gasteiger partial charge in [-0.3, -0.25) is 24.5 Å². The van der Waals surface area contributed by atoms with Crippen LogP contribution in [0.15, 0.2) is 91.8 Å². The molecule has 0 unspecified atom stereocenters. The van der Waals surface area contributed by atoms with E-state index in [9.17, 15) is 35.9 Å². The molecule has 0 aliphatic rings. The molecule has 6 rings (SSSR count). The minimum Gasteiger partial charge on any atom is -0.406 e. The lowest BCUT2D eigenvalue weighted by Crippen LogP contribution is -2.20. The molecular formula is C40H30F7N7O4. The lowest BCUT2D eigenvalue weighted by Gasteiger charge is -2.15. The maximum absolute atomic E-state index is 15.4. The monoisotopic (exact) mass is 805 g/mol. The van der Waals surface area contributed by atoms with Crippen molar-refractivity contribution in [2.45, 2.75) is 46.3 Å². The molecule has 2 N–H and O–H groups in total. The van der Waals surface area contributed by atoms with Crippen molar-refractivity contribution in [2.75, 3.05) is 10.6 Å². The molecule has 0 aliphatic heterocycles. The number of anilines is 2. The van der Waals surface area contributed by atoms with Crippen LogP contribution >= 0.6 is 0 Å². The van der Waals surface area contributed by atoms with E-state index in [1.165, 1.54) is 61.2 Å². The maximum Gasteiger partial charge on any atom is 0.573 e. The zero-order valence-corrected chi connectivity index (χ0v) is 30.6. The standard InChI is InChI=1S/C40H30F7N7O4/c1-4-23-8-9-26(58-40(45,46)47)14-27(23)33-19-52-35(20-50-33)54-38(56)36-21(2)10-11-49-32(36)15-28-30(16-48-18-31(28)41)37(55)53-34-12-22(3)29(17-51-34)24-6-5-7-25(13-24)57-39(42,43)44/h5-14,16-20H,4,15H2,1-3H3,(H,51,53,55)(H,52,54,56). The molecular weight excluding hydrogens is 775 g/mol. The quantitative estimate of drug-likeness (QED) is 0.123. The number of hydrogen-bond acceptors (Lipinski definition) is 9. The summed E-state index contributed by atoms with van der Waals surface area (Å²) in [6.45, 7) is 5.11. The summed E-state index contributed by atoms with van der Waals surface area (Å²) in [6, 6.07) is 12.2. The molecule has 0 spiro atoms. The Balaban J connectivity index is 1.20. The number of hydrogen-bond donors (Lipinski definition) is 2. The molecule has 2 amide bonds. The summed E-state index contributed by atoms with van der Waals surface area (Å²) >= 11 is 0. The third-order valence-corrected chi connectivity index (χ3v) is 8.65. The van der Waals surface area contributed by atoms with Crippen molar-refractivity contribution >= 4 is 23.5 Å². The van der Waals surface area contributed by atoms with Crippen LogP contribution in [-0.2, 0) is 12.8 Å². The van der Waals surface area contributed by atoms with Crippen LogP contribution in [0.25, 0.3) is 22.4 Å². The number of carbonyl (C=O) groups is 2. The van der Waals surface area contributed by atoms with Gasteiger partial charge < -0.3 is 20.1 Å². The molecule has 0 atom stereocenters. The summed E-state index contributed by atoms with van der Waals surface area (Å²) in [5.74, 6) is -3.15. The highest BCUT2D eigenvalue weighted by atomic mass is 19.4. The number of halogens is 7. The molecule has 6 aromatic rings. The van der Waals surface area contributed by atoms with Crippen LogP contribution < -0.4 is 20.1 Å². The Morgan fingerprint density at radius 1 is 0.707 bits per heavy atom. The van der Waals surface area contributed by atoms with Crippen LogP contribution in [0.1, 0.15) is 55.6 Å². The number of benzene rings is 2. The van der Waals surface area contributed by atoms with Crippen LogP contribution in [0.3, 0.4) is 0 Å². The van der Waals surface area contributed by atoms with E-state index < -0.39 is 41.9 Å². The number of pyridine rings is 3. The van der Waals surface area contributed by atoms with Crippen molar-refractivity contribution in [3.8, 4) is 33.9 Å². The smallest absolute Gasteiger partial charge is 0.406 e. The van der Waals surface area contributed by atoms with Crippen molar-refractivity contribution in [3.63, 3.8) is 0 Å². The first-order valence-corrected chi connectivity index (χ1v) is 17.2. The van der Waals surface area contributed by atoms with Gasteiger partial charge in [-0.1, -0.05) is 25.1 Å². The van der Waals surface area contributed by atoms with E-state index in [4.69, 9.17) is 0 Å². The zero-order chi connectivity index (χ0) is 41.8. The normalized spacial score (nSPS) is 11.6. The molecule has 0 bridgehead atoms. The number of amides is 2. The number of ether oxygens (including phenoxy) is 2. The Hall–Kier alpha value is -6.98. The Morgan fingerprint density at radius 3 is 2.09 bits per heavy atom. The SMILES string of the molecule is CCc1ccc(OC(F)(F)F)cc1-c1cnc(NC(=O)c2c(C)ccnc2Cc2c(F)cncc2C(=O)Nc2cc(C)c(-c3cccc(OC(F)(F)F)c3)cn2)cn1. The van der Waals surface area contributed by atoms with E-state index in [0.717, 1.165) is 18.5 Å². The van der Waals surface area contributed by atoms with E-state index in [2.05, 4.69) is 45.0 Å². The molecule has 11 nitrogen and oxygen atoms in total. The number of nitrogens with one attached hydrogen (secondary N) is 2.